The first kappa shape index (κ1) is 44.6. The number of carbonyl (C=O) groups excluding carboxylic acids is 4. The predicted octanol–water partition coefficient (Wildman–Crippen LogP) is 5.31. The summed E-state index contributed by atoms with van der Waals surface area (Å²) >= 11 is -5.52. The Labute approximate surface area is 364 Å². The molecule has 0 heterocycles. The third-order valence-electron chi connectivity index (χ3n) is 8.09. The zero-order valence-corrected chi connectivity index (χ0v) is 37.6. The van der Waals surface area contributed by atoms with Crippen molar-refractivity contribution in [2.75, 3.05) is 0 Å². The summed E-state index contributed by atoms with van der Waals surface area (Å²) in [6.07, 6.45) is 17.3. The molecule has 0 spiro atoms. The fourth-order valence-electron chi connectivity index (χ4n) is 5.49. The minimum atomic E-state index is -2.76. The maximum atomic E-state index is 12.2. The average molecular weight is 1010 g/mol. The number of hydrogen-bond donors (Lipinski definition) is 0. The van der Waals surface area contributed by atoms with Gasteiger partial charge in [-0.2, -0.15) is 0 Å². The Morgan fingerprint density at radius 1 is 0.317 bits per heavy atom. The van der Waals surface area contributed by atoms with Gasteiger partial charge in [-0.15, -0.1) is 0 Å². The molecule has 0 saturated heterocycles. The molecule has 60 heavy (non-hydrogen) atoms. The second-order valence-corrected chi connectivity index (χ2v) is 24.9. The van der Waals surface area contributed by atoms with Crippen LogP contribution in [0.4, 0.5) is 0 Å². The topological polar surface area (TPSA) is 105 Å². The first-order valence-corrected chi connectivity index (χ1v) is 26.0. The van der Waals surface area contributed by atoms with Crippen molar-refractivity contribution < 1.29 is 38.1 Å². The molecule has 8 nitrogen and oxygen atoms in total. The summed E-state index contributed by atoms with van der Waals surface area (Å²) in [6, 6.07) is 39.0. The molecule has 5 aromatic carbocycles. The van der Waals surface area contributed by atoms with Crippen LogP contribution in [0.1, 0.15) is 0 Å². The Morgan fingerprint density at radius 3 is 0.650 bits per heavy atom. The van der Waals surface area contributed by atoms with Crippen LogP contribution in [-0.2, 0) is 19.2 Å². The average Bonchev–Trinajstić information content (AvgIpc) is 3.26. The van der Waals surface area contributed by atoms with Gasteiger partial charge in [0, 0.05) is 0 Å². The molecular formula is C50H40O8Sb2. The van der Waals surface area contributed by atoms with E-state index >= 15 is 0 Å². The van der Waals surface area contributed by atoms with Crippen LogP contribution in [0.3, 0.4) is 0 Å². The van der Waals surface area contributed by atoms with Gasteiger partial charge in [-0.05, 0) is 0 Å². The quantitative estimate of drug-likeness (QED) is 0.0383. The zero-order chi connectivity index (χ0) is 42.7. The van der Waals surface area contributed by atoms with Gasteiger partial charge in [-0.1, -0.05) is 0 Å². The third-order valence-corrected chi connectivity index (χ3v) is 22.0. The molecule has 0 atom stereocenters. The number of carbonyl (C=O) groups is 4. The second-order valence-electron chi connectivity index (χ2n) is 12.2. The van der Waals surface area contributed by atoms with Gasteiger partial charge in [0.2, 0.25) is 0 Å². The Morgan fingerprint density at radius 2 is 0.483 bits per heavy atom. The SMILES string of the molecule is C=CC=CC(=O)Oc1cc[c]([Sb]([c]2ccc(OC(=O)C=CC=C)cc2)[c]2cc[c]([Sb]([c]3ccc(OC(=O)C=CC=C)cc3)[c]3ccc(OC(=O)C=CC=C)cc3)cc2)cc1. The van der Waals surface area contributed by atoms with Crippen LogP contribution in [0.2, 0.25) is 0 Å². The van der Waals surface area contributed by atoms with Gasteiger partial charge < -0.3 is 0 Å². The Balaban J connectivity index is 1.52. The number of rotatable bonds is 18. The van der Waals surface area contributed by atoms with Crippen LogP contribution < -0.4 is 40.0 Å². The Hall–Kier alpha value is -6.46. The summed E-state index contributed by atoms with van der Waals surface area (Å²) in [5, 5.41) is 0. The van der Waals surface area contributed by atoms with Crippen LogP contribution in [0.25, 0.3) is 0 Å². The van der Waals surface area contributed by atoms with Crippen LogP contribution in [0.5, 0.6) is 23.0 Å². The number of allylic oxidation sites excluding steroid dienone is 8. The number of esters is 4. The van der Waals surface area contributed by atoms with E-state index in [1.807, 2.05) is 48.5 Å². The Bertz CT molecular complexity index is 2120. The molecule has 0 radical (unpaired) electrons. The molecule has 5 rings (SSSR count). The van der Waals surface area contributed by atoms with Crippen LogP contribution in [0, 0.1) is 0 Å². The van der Waals surface area contributed by atoms with E-state index in [0.29, 0.717) is 23.0 Å². The van der Waals surface area contributed by atoms with Crippen LogP contribution >= 0.6 is 0 Å². The molecule has 0 fully saturated rings. The van der Waals surface area contributed by atoms with Gasteiger partial charge in [0.25, 0.3) is 0 Å². The molecule has 0 unspecified atom stereocenters. The van der Waals surface area contributed by atoms with Crippen molar-refractivity contribution in [3.8, 4) is 23.0 Å². The van der Waals surface area contributed by atoms with E-state index < -0.39 is 64.3 Å². The van der Waals surface area contributed by atoms with Crippen molar-refractivity contribution in [3.05, 3.63) is 221 Å². The molecule has 0 aliphatic heterocycles. The van der Waals surface area contributed by atoms with E-state index in [4.69, 9.17) is 18.9 Å². The third kappa shape index (κ3) is 13.3. The van der Waals surface area contributed by atoms with E-state index in [1.54, 1.807) is 48.5 Å². The molecule has 0 aliphatic rings. The van der Waals surface area contributed by atoms with Gasteiger partial charge >= 0.3 is 367 Å². The summed E-state index contributed by atoms with van der Waals surface area (Å²) in [6.45, 7) is 14.4. The first-order chi connectivity index (χ1) is 29.2. The van der Waals surface area contributed by atoms with Crippen molar-refractivity contribution in [2.45, 2.75) is 0 Å². The van der Waals surface area contributed by atoms with E-state index in [0.717, 1.165) is 14.0 Å². The standard InChI is InChI=1S/4C11H9O2.C6H4.2Sb/c4*1-2-3-9-11(12)13-10-7-5-4-6-8-10;1-2-4-6-5-3-1;;/h4*2-3,5-9H,1H2;1-2,5-6H;;. The van der Waals surface area contributed by atoms with E-state index in [9.17, 15) is 19.2 Å². The summed E-state index contributed by atoms with van der Waals surface area (Å²) in [5.41, 5.74) is 0. The fourth-order valence-corrected chi connectivity index (χ4v) is 18.2. The molecule has 0 saturated carbocycles. The maximum absolute atomic E-state index is 12.2. The molecule has 0 aliphatic carbocycles. The summed E-state index contributed by atoms with van der Waals surface area (Å²) in [5.74, 6) is -0.339. The van der Waals surface area contributed by atoms with Crippen LogP contribution in [-0.4, -0.2) is 64.3 Å². The summed E-state index contributed by atoms with van der Waals surface area (Å²) in [4.78, 5) is 49.0. The number of ether oxygens (including phenoxy) is 4. The predicted molar refractivity (Wildman–Crippen MR) is 241 cm³/mol. The van der Waals surface area contributed by atoms with Gasteiger partial charge in [0.05, 0.1) is 0 Å². The molecule has 0 aromatic heterocycles. The van der Waals surface area contributed by atoms with Crippen molar-refractivity contribution >= 4 is 85.4 Å². The van der Waals surface area contributed by atoms with Gasteiger partial charge in [0.1, 0.15) is 0 Å². The van der Waals surface area contributed by atoms with Crippen LogP contribution in [0.15, 0.2) is 221 Å². The van der Waals surface area contributed by atoms with E-state index in [1.165, 1.54) is 79.9 Å². The van der Waals surface area contributed by atoms with Crippen molar-refractivity contribution in [2.24, 2.45) is 0 Å². The van der Waals surface area contributed by atoms with Crippen molar-refractivity contribution in [1.82, 2.24) is 0 Å². The second kappa shape index (κ2) is 23.2. The minimum absolute atomic E-state index is 0.418. The first-order valence-electron chi connectivity index (χ1n) is 18.4. The zero-order valence-electron chi connectivity index (χ0n) is 32.5. The molecule has 10 heteroatoms. The summed E-state index contributed by atoms with van der Waals surface area (Å²) < 4.78 is 28.7. The summed E-state index contributed by atoms with van der Waals surface area (Å²) in [7, 11) is 0. The van der Waals surface area contributed by atoms with Crippen molar-refractivity contribution in [3.63, 3.8) is 0 Å². The normalized spacial score (nSPS) is 11.2. The molecule has 298 valence electrons. The molecule has 0 amide bonds. The van der Waals surface area contributed by atoms with Gasteiger partial charge in [0.15, 0.2) is 0 Å². The molecular weight excluding hydrogens is 972 g/mol. The molecule has 0 bridgehead atoms. The number of hydrogen-bond acceptors (Lipinski definition) is 8. The number of benzene rings is 5. The van der Waals surface area contributed by atoms with Crippen molar-refractivity contribution in [1.29, 1.82) is 0 Å². The van der Waals surface area contributed by atoms with Gasteiger partial charge in [-0.25, -0.2) is 0 Å². The monoisotopic (exact) mass is 1010 g/mol. The fraction of sp³-hybridized carbons (Fsp3) is 0. The van der Waals surface area contributed by atoms with Gasteiger partial charge in [-0.3, -0.25) is 0 Å². The molecule has 0 N–H and O–H groups in total. The Kier molecular flexibility index (Phi) is 17.3. The molecule has 5 aromatic rings. The van der Waals surface area contributed by atoms with E-state index in [2.05, 4.69) is 50.6 Å². The van der Waals surface area contributed by atoms with E-state index in [-0.39, 0.29) is 0 Å².